The number of hydrogen-bond acceptors (Lipinski definition) is 3. The van der Waals surface area contributed by atoms with Crippen LogP contribution < -0.4 is 15.4 Å². The fourth-order valence-corrected chi connectivity index (χ4v) is 3.05. The fourth-order valence-electron chi connectivity index (χ4n) is 3.05. The van der Waals surface area contributed by atoms with E-state index in [0.29, 0.717) is 0 Å². The average molecular weight is 338 g/mol. The molecule has 2 amide bonds. The van der Waals surface area contributed by atoms with E-state index in [1.54, 1.807) is 14.2 Å². The predicted octanol–water partition coefficient (Wildman–Crippen LogP) is 2.33. The highest BCUT2D eigenvalue weighted by atomic mass is 16.5. The maximum absolute atomic E-state index is 13.0. The summed E-state index contributed by atoms with van der Waals surface area (Å²) < 4.78 is 5.27. The second-order valence-electron chi connectivity index (χ2n) is 6.25. The fraction of sp³-hybridized carbons (Fsp3) is 0.300. The first-order valence-electron chi connectivity index (χ1n) is 8.33. The Labute approximate surface area is 147 Å². The van der Waals surface area contributed by atoms with Crippen LogP contribution in [0.1, 0.15) is 30.0 Å². The highest BCUT2D eigenvalue weighted by molar-refractivity contribution is 5.95. The zero-order valence-electron chi connectivity index (χ0n) is 14.4. The monoisotopic (exact) mass is 338 g/mol. The van der Waals surface area contributed by atoms with Gasteiger partial charge in [0.25, 0.3) is 0 Å². The molecule has 0 aromatic heterocycles. The lowest BCUT2D eigenvalue weighted by atomic mass is 9.93. The Bertz CT molecular complexity index is 770. The average Bonchev–Trinajstić information content (AvgIpc) is 3.48. The summed E-state index contributed by atoms with van der Waals surface area (Å²) in [5, 5.41) is 5.56. The van der Waals surface area contributed by atoms with Gasteiger partial charge in [-0.3, -0.25) is 9.59 Å². The van der Waals surface area contributed by atoms with Crippen molar-refractivity contribution in [3.63, 3.8) is 0 Å². The number of hydrogen-bond donors (Lipinski definition) is 2. The number of likely N-dealkylation sites (N-methyl/N-ethyl adjacent to an activating group) is 1. The number of rotatable bonds is 6. The molecule has 1 saturated carbocycles. The van der Waals surface area contributed by atoms with Gasteiger partial charge in [0.1, 0.15) is 11.8 Å². The summed E-state index contributed by atoms with van der Waals surface area (Å²) in [7, 11) is 3.18. The van der Waals surface area contributed by atoms with Crippen molar-refractivity contribution in [3.8, 4) is 5.75 Å². The third-order valence-corrected chi connectivity index (χ3v) is 4.72. The normalized spacial score (nSPS) is 15.8. The van der Waals surface area contributed by atoms with Crippen LogP contribution in [0.4, 0.5) is 0 Å². The summed E-state index contributed by atoms with van der Waals surface area (Å²) in [6.07, 6.45) is 1.53. The molecule has 1 unspecified atom stereocenters. The molecule has 25 heavy (non-hydrogen) atoms. The second-order valence-corrected chi connectivity index (χ2v) is 6.25. The van der Waals surface area contributed by atoms with Crippen LogP contribution in [0.5, 0.6) is 5.75 Å². The van der Waals surface area contributed by atoms with Gasteiger partial charge in [0, 0.05) is 7.05 Å². The lowest BCUT2D eigenvalue weighted by molar-refractivity contribution is -0.130. The Morgan fingerprint density at radius 2 is 1.80 bits per heavy atom. The van der Waals surface area contributed by atoms with Gasteiger partial charge in [-0.1, -0.05) is 42.5 Å². The quantitative estimate of drug-likeness (QED) is 0.849. The lowest BCUT2D eigenvalue weighted by Crippen LogP contribution is -2.43. The third kappa shape index (κ3) is 3.36. The van der Waals surface area contributed by atoms with Gasteiger partial charge >= 0.3 is 0 Å². The van der Waals surface area contributed by atoms with Crippen molar-refractivity contribution in [1.82, 2.24) is 10.6 Å². The minimum absolute atomic E-state index is 0.127. The highest BCUT2D eigenvalue weighted by Crippen LogP contribution is 2.49. The first-order valence-corrected chi connectivity index (χ1v) is 8.33. The van der Waals surface area contributed by atoms with Gasteiger partial charge in [-0.2, -0.15) is 0 Å². The number of benzene rings is 2. The summed E-state index contributed by atoms with van der Waals surface area (Å²) >= 11 is 0. The molecule has 2 aromatic carbocycles. The molecular formula is C20H22N2O3. The number of nitrogens with one attached hydrogen (secondary N) is 2. The van der Waals surface area contributed by atoms with Crippen LogP contribution in [-0.4, -0.2) is 26.0 Å². The van der Waals surface area contributed by atoms with E-state index in [0.717, 1.165) is 29.7 Å². The molecule has 0 spiro atoms. The van der Waals surface area contributed by atoms with Gasteiger partial charge in [-0.05, 0) is 36.1 Å². The largest absolute Gasteiger partial charge is 0.497 e. The number of amides is 2. The van der Waals surface area contributed by atoms with Gasteiger partial charge in [0.15, 0.2) is 0 Å². The minimum Gasteiger partial charge on any atom is -0.497 e. The molecule has 2 N–H and O–H groups in total. The molecule has 0 heterocycles. The molecule has 5 nitrogen and oxygen atoms in total. The smallest absolute Gasteiger partial charge is 0.246 e. The highest BCUT2D eigenvalue weighted by Gasteiger charge is 2.52. The molecule has 2 aromatic rings. The SMILES string of the molecule is CNC(=O)C(NC(=O)C1(c2cccc(OC)c2)CC1)c1ccccc1. The molecular weight excluding hydrogens is 316 g/mol. The summed E-state index contributed by atoms with van der Waals surface area (Å²) in [5.74, 6) is 0.363. The van der Waals surface area contributed by atoms with E-state index < -0.39 is 11.5 Å². The molecule has 5 heteroatoms. The van der Waals surface area contributed by atoms with Crippen molar-refractivity contribution in [3.05, 3.63) is 65.7 Å². The molecule has 0 radical (unpaired) electrons. The summed E-state index contributed by atoms with van der Waals surface area (Å²) in [6.45, 7) is 0. The van der Waals surface area contributed by atoms with Crippen LogP contribution in [-0.2, 0) is 15.0 Å². The van der Waals surface area contributed by atoms with E-state index >= 15 is 0 Å². The van der Waals surface area contributed by atoms with Crippen molar-refractivity contribution >= 4 is 11.8 Å². The van der Waals surface area contributed by atoms with Crippen LogP contribution in [0.2, 0.25) is 0 Å². The van der Waals surface area contributed by atoms with Crippen LogP contribution in [0.25, 0.3) is 0 Å². The van der Waals surface area contributed by atoms with Crippen molar-refractivity contribution in [2.75, 3.05) is 14.2 Å². The molecule has 1 aliphatic carbocycles. The van der Waals surface area contributed by atoms with E-state index in [-0.39, 0.29) is 11.8 Å². The van der Waals surface area contributed by atoms with E-state index in [4.69, 9.17) is 4.74 Å². The molecule has 0 bridgehead atoms. The van der Waals surface area contributed by atoms with Crippen molar-refractivity contribution in [2.45, 2.75) is 24.3 Å². The number of carbonyl (C=O) groups excluding carboxylic acids is 2. The molecule has 130 valence electrons. The maximum atomic E-state index is 13.0. The van der Waals surface area contributed by atoms with E-state index in [1.165, 1.54) is 0 Å². The molecule has 0 saturated heterocycles. The second kappa shape index (κ2) is 6.97. The Hall–Kier alpha value is -2.82. The Morgan fingerprint density at radius 3 is 2.40 bits per heavy atom. The number of carbonyl (C=O) groups is 2. The molecule has 0 aliphatic heterocycles. The third-order valence-electron chi connectivity index (χ3n) is 4.72. The summed E-state index contributed by atoms with van der Waals surface area (Å²) in [4.78, 5) is 25.3. The Balaban J connectivity index is 1.85. The van der Waals surface area contributed by atoms with Gasteiger partial charge < -0.3 is 15.4 Å². The van der Waals surface area contributed by atoms with Gasteiger partial charge in [-0.25, -0.2) is 0 Å². The number of ether oxygens (including phenoxy) is 1. The maximum Gasteiger partial charge on any atom is 0.246 e. The van der Waals surface area contributed by atoms with Gasteiger partial charge in [-0.15, -0.1) is 0 Å². The van der Waals surface area contributed by atoms with Crippen LogP contribution in [0, 0.1) is 0 Å². The standard InChI is InChI=1S/C20H22N2O3/c1-21-18(23)17(14-7-4-3-5-8-14)22-19(24)20(11-12-20)15-9-6-10-16(13-15)25-2/h3-10,13,17H,11-12H2,1-2H3,(H,21,23)(H,22,24). The van der Waals surface area contributed by atoms with Crippen molar-refractivity contribution in [1.29, 1.82) is 0 Å². The lowest BCUT2D eigenvalue weighted by Gasteiger charge is -2.22. The first-order chi connectivity index (χ1) is 12.1. The topological polar surface area (TPSA) is 67.4 Å². The summed E-state index contributed by atoms with van der Waals surface area (Å²) in [6, 6.07) is 16.1. The number of methoxy groups -OCH3 is 1. The Morgan fingerprint density at radius 1 is 1.08 bits per heavy atom. The predicted molar refractivity (Wildman–Crippen MR) is 95.3 cm³/mol. The molecule has 1 aliphatic rings. The molecule has 3 rings (SSSR count). The van der Waals surface area contributed by atoms with Crippen molar-refractivity contribution < 1.29 is 14.3 Å². The van der Waals surface area contributed by atoms with Crippen molar-refractivity contribution in [2.24, 2.45) is 0 Å². The van der Waals surface area contributed by atoms with Crippen LogP contribution in [0.15, 0.2) is 54.6 Å². The zero-order valence-corrected chi connectivity index (χ0v) is 14.4. The van der Waals surface area contributed by atoms with E-state index in [9.17, 15) is 9.59 Å². The minimum atomic E-state index is -0.707. The van der Waals surface area contributed by atoms with Gasteiger partial charge in [0.05, 0.1) is 12.5 Å². The Kier molecular flexibility index (Phi) is 4.74. The van der Waals surface area contributed by atoms with Crippen LogP contribution >= 0.6 is 0 Å². The van der Waals surface area contributed by atoms with Crippen LogP contribution in [0.3, 0.4) is 0 Å². The molecule has 1 fully saturated rings. The van der Waals surface area contributed by atoms with E-state index in [2.05, 4.69) is 10.6 Å². The first kappa shape index (κ1) is 17.0. The zero-order chi connectivity index (χ0) is 17.9. The van der Waals surface area contributed by atoms with E-state index in [1.807, 2.05) is 54.6 Å². The molecule has 1 atom stereocenters. The van der Waals surface area contributed by atoms with Gasteiger partial charge in [0.2, 0.25) is 11.8 Å². The summed E-state index contributed by atoms with van der Waals surface area (Å²) in [5.41, 5.74) is 1.11.